The number of piperazine rings is 1. The highest BCUT2D eigenvalue weighted by Crippen LogP contribution is 2.20. The zero-order chi connectivity index (χ0) is 15.5. The van der Waals surface area contributed by atoms with E-state index in [2.05, 4.69) is 32.1 Å². The van der Waals surface area contributed by atoms with Crippen LogP contribution in [0.15, 0.2) is 28.9 Å². The maximum atomic E-state index is 5.30. The van der Waals surface area contributed by atoms with Gasteiger partial charge in [-0.05, 0) is 13.0 Å². The molecule has 0 amide bonds. The van der Waals surface area contributed by atoms with Gasteiger partial charge in [0.1, 0.15) is 5.82 Å². The number of hydrogen-bond donors (Lipinski definition) is 0. The molecule has 2 aromatic rings. The van der Waals surface area contributed by atoms with Gasteiger partial charge in [-0.15, -0.1) is 0 Å². The third kappa shape index (κ3) is 3.39. The predicted molar refractivity (Wildman–Crippen MR) is 87.3 cm³/mol. The molecule has 0 radical (unpaired) electrons. The topological polar surface area (TPSA) is 48.6 Å². The predicted octanol–water partition coefficient (Wildman–Crippen LogP) is 1.77. The number of aryl methyl sites for hydroxylation is 1. The molecule has 1 saturated heterocycles. The van der Waals surface area contributed by atoms with Crippen molar-refractivity contribution in [3.8, 4) is 0 Å². The van der Waals surface area contributed by atoms with Gasteiger partial charge in [-0.1, -0.05) is 5.16 Å². The molecule has 1 aliphatic heterocycles. The Labute approximate surface area is 131 Å². The van der Waals surface area contributed by atoms with Crippen LogP contribution in [0.1, 0.15) is 11.5 Å². The summed E-state index contributed by atoms with van der Waals surface area (Å²) < 4.78 is 5.30. The number of anilines is 2. The number of rotatable bonds is 4. The molecule has 0 aromatic carbocycles. The van der Waals surface area contributed by atoms with Crippen molar-refractivity contribution in [2.24, 2.45) is 0 Å². The quantitative estimate of drug-likeness (QED) is 0.858. The van der Waals surface area contributed by atoms with Crippen LogP contribution in [0.5, 0.6) is 0 Å². The second-order valence-electron chi connectivity index (χ2n) is 5.96. The van der Waals surface area contributed by atoms with Gasteiger partial charge in [0.25, 0.3) is 0 Å². The minimum absolute atomic E-state index is 0.841. The first-order chi connectivity index (χ1) is 10.6. The standard InChI is InChI=1S/C16H23N5O/c1-13-10-15(22-18-13)12-20-6-8-21(9-7-20)14-4-5-17-16(11-14)19(2)3/h4-5,10-11H,6-9,12H2,1-3H3. The minimum Gasteiger partial charge on any atom is -0.369 e. The Balaban J connectivity index is 1.58. The first kappa shape index (κ1) is 14.8. The van der Waals surface area contributed by atoms with E-state index in [1.54, 1.807) is 0 Å². The summed E-state index contributed by atoms with van der Waals surface area (Å²) in [7, 11) is 4.03. The molecule has 2 aromatic heterocycles. The van der Waals surface area contributed by atoms with Gasteiger partial charge in [-0.3, -0.25) is 4.90 Å². The smallest absolute Gasteiger partial charge is 0.150 e. The van der Waals surface area contributed by atoms with Crippen LogP contribution in [0.3, 0.4) is 0 Å². The van der Waals surface area contributed by atoms with Crippen molar-refractivity contribution >= 4 is 11.5 Å². The highest BCUT2D eigenvalue weighted by Gasteiger charge is 2.19. The summed E-state index contributed by atoms with van der Waals surface area (Å²) in [5.41, 5.74) is 2.19. The van der Waals surface area contributed by atoms with Crippen molar-refractivity contribution < 1.29 is 4.52 Å². The average molecular weight is 301 g/mol. The van der Waals surface area contributed by atoms with Crippen LogP contribution in [-0.2, 0) is 6.54 Å². The lowest BCUT2D eigenvalue weighted by atomic mass is 10.2. The minimum atomic E-state index is 0.841. The van der Waals surface area contributed by atoms with Gasteiger partial charge in [-0.25, -0.2) is 4.98 Å². The lowest BCUT2D eigenvalue weighted by Crippen LogP contribution is -2.46. The molecule has 0 bridgehead atoms. The summed E-state index contributed by atoms with van der Waals surface area (Å²) in [4.78, 5) is 11.2. The van der Waals surface area contributed by atoms with Gasteiger partial charge in [0.2, 0.25) is 0 Å². The maximum Gasteiger partial charge on any atom is 0.150 e. The van der Waals surface area contributed by atoms with Crippen LogP contribution < -0.4 is 9.80 Å². The lowest BCUT2D eigenvalue weighted by molar-refractivity contribution is 0.219. The largest absolute Gasteiger partial charge is 0.369 e. The van der Waals surface area contributed by atoms with E-state index in [1.165, 1.54) is 5.69 Å². The third-order valence-electron chi connectivity index (χ3n) is 3.98. The molecule has 1 fully saturated rings. The van der Waals surface area contributed by atoms with Crippen molar-refractivity contribution in [3.63, 3.8) is 0 Å². The molecule has 0 N–H and O–H groups in total. The van der Waals surface area contributed by atoms with E-state index in [-0.39, 0.29) is 0 Å². The average Bonchev–Trinajstić information content (AvgIpc) is 2.93. The molecule has 3 rings (SSSR count). The first-order valence-electron chi connectivity index (χ1n) is 7.65. The van der Waals surface area contributed by atoms with Crippen LogP contribution in [0.4, 0.5) is 11.5 Å². The van der Waals surface area contributed by atoms with Gasteiger partial charge in [-0.2, -0.15) is 0 Å². The Morgan fingerprint density at radius 3 is 2.59 bits per heavy atom. The summed E-state index contributed by atoms with van der Waals surface area (Å²) in [6.45, 7) is 6.89. The van der Waals surface area contributed by atoms with Crippen molar-refractivity contribution in [3.05, 3.63) is 35.9 Å². The van der Waals surface area contributed by atoms with Crippen LogP contribution in [0.2, 0.25) is 0 Å². The number of nitrogens with zero attached hydrogens (tertiary/aromatic N) is 5. The van der Waals surface area contributed by atoms with Gasteiger partial charge >= 0.3 is 0 Å². The molecule has 0 spiro atoms. The number of hydrogen-bond acceptors (Lipinski definition) is 6. The van der Waals surface area contributed by atoms with Gasteiger partial charge in [0.15, 0.2) is 5.76 Å². The normalized spacial score (nSPS) is 16.0. The zero-order valence-electron chi connectivity index (χ0n) is 13.5. The van der Waals surface area contributed by atoms with Crippen LogP contribution in [0, 0.1) is 6.92 Å². The fraction of sp³-hybridized carbons (Fsp3) is 0.500. The first-order valence-corrected chi connectivity index (χ1v) is 7.65. The SMILES string of the molecule is Cc1cc(CN2CCN(c3ccnc(N(C)C)c3)CC2)on1. The molecule has 0 unspecified atom stereocenters. The lowest BCUT2D eigenvalue weighted by Gasteiger charge is -2.35. The Kier molecular flexibility index (Phi) is 4.29. The molecular formula is C16H23N5O. The molecular weight excluding hydrogens is 278 g/mol. The Hall–Kier alpha value is -2.08. The fourth-order valence-electron chi connectivity index (χ4n) is 2.72. The van der Waals surface area contributed by atoms with Crippen molar-refractivity contribution in [2.75, 3.05) is 50.1 Å². The fourth-order valence-corrected chi connectivity index (χ4v) is 2.72. The molecule has 3 heterocycles. The molecule has 118 valence electrons. The Morgan fingerprint density at radius 1 is 1.18 bits per heavy atom. The monoisotopic (exact) mass is 301 g/mol. The second kappa shape index (κ2) is 6.36. The molecule has 0 saturated carbocycles. The highest BCUT2D eigenvalue weighted by atomic mass is 16.5. The van der Waals surface area contributed by atoms with E-state index < -0.39 is 0 Å². The molecule has 6 nitrogen and oxygen atoms in total. The number of pyridine rings is 1. The van der Waals surface area contributed by atoms with E-state index in [1.807, 2.05) is 38.2 Å². The summed E-state index contributed by atoms with van der Waals surface area (Å²) in [6.07, 6.45) is 1.88. The van der Waals surface area contributed by atoms with Gasteiger partial charge < -0.3 is 14.3 Å². The summed E-state index contributed by atoms with van der Waals surface area (Å²) in [6, 6.07) is 6.25. The summed E-state index contributed by atoms with van der Waals surface area (Å²) in [5.74, 6) is 1.95. The Bertz CT molecular complexity index is 617. The molecule has 22 heavy (non-hydrogen) atoms. The van der Waals surface area contributed by atoms with Crippen molar-refractivity contribution in [1.82, 2.24) is 15.0 Å². The zero-order valence-corrected chi connectivity index (χ0v) is 13.5. The molecule has 0 atom stereocenters. The molecule has 1 aliphatic rings. The number of aromatic nitrogens is 2. The maximum absolute atomic E-state index is 5.30. The highest BCUT2D eigenvalue weighted by molar-refractivity contribution is 5.54. The van der Waals surface area contributed by atoms with E-state index in [4.69, 9.17) is 4.52 Å². The summed E-state index contributed by atoms with van der Waals surface area (Å²) in [5, 5.41) is 3.95. The third-order valence-corrected chi connectivity index (χ3v) is 3.98. The second-order valence-corrected chi connectivity index (χ2v) is 5.96. The van der Waals surface area contributed by atoms with E-state index in [0.29, 0.717) is 0 Å². The van der Waals surface area contributed by atoms with Crippen LogP contribution >= 0.6 is 0 Å². The van der Waals surface area contributed by atoms with E-state index in [0.717, 1.165) is 50.0 Å². The van der Waals surface area contributed by atoms with Gasteiger partial charge in [0.05, 0.1) is 12.2 Å². The van der Waals surface area contributed by atoms with Crippen molar-refractivity contribution in [2.45, 2.75) is 13.5 Å². The molecule has 6 heteroatoms. The van der Waals surface area contributed by atoms with Crippen LogP contribution in [-0.4, -0.2) is 55.3 Å². The summed E-state index contributed by atoms with van der Waals surface area (Å²) >= 11 is 0. The van der Waals surface area contributed by atoms with Crippen LogP contribution in [0.25, 0.3) is 0 Å². The molecule has 0 aliphatic carbocycles. The van der Waals surface area contributed by atoms with E-state index in [9.17, 15) is 0 Å². The van der Waals surface area contributed by atoms with E-state index >= 15 is 0 Å². The van der Waals surface area contributed by atoms with Crippen molar-refractivity contribution in [1.29, 1.82) is 0 Å². The Morgan fingerprint density at radius 2 is 1.95 bits per heavy atom. The van der Waals surface area contributed by atoms with Gasteiger partial charge in [0, 0.05) is 64.3 Å².